The van der Waals surface area contributed by atoms with Crippen LogP contribution in [0.25, 0.3) is 20.9 Å². The third-order valence-electron chi connectivity index (χ3n) is 15.6. The van der Waals surface area contributed by atoms with Gasteiger partial charge in [-0.15, -0.1) is 22.7 Å². The molecular weight excluding hydrogens is 1070 g/mol. The number of hydrogen-bond acceptors (Lipinski definition) is 13. The predicted octanol–water partition coefficient (Wildman–Crippen LogP) is 9.91. The molecule has 4 fully saturated rings. The van der Waals surface area contributed by atoms with Gasteiger partial charge in [0.05, 0.1) is 37.3 Å². The molecular formula is C57H79N2NaO13P2S2. The third kappa shape index (κ3) is 17.5. The molecule has 5 N–H and O–H groups in total. The van der Waals surface area contributed by atoms with Gasteiger partial charge in [-0.2, -0.15) is 0 Å². The molecule has 418 valence electrons. The summed E-state index contributed by atoms with van der Waals surface area (Å²) in [5, 5.41) is 30.3. The second-order valence-electron chi connectivity index (χ2n) is 21.9. The van der Waals surface area contributed by atoms with E-state index >= 15 is 0 Å². The summed E-state index contributed by atoms with van der Waals surface area (Å²) in [5.74, 6) is -0.357. The van der Waals surface area contributed by atoms with Gasteiger partial charge in [-0.05, 0) is 156 Å². The molecule has 0 bridgehead atoms. The Hall–Kier alpha value is -3.02. The summed E-state index contributed by atoms with van der Waals surface area (Å²) < 4.78 is 35.0. The number of aromatic carboxylic acids is 1. The van der Waals surface area contributed by atoms with Crippen molar-refractivity contribution < 1.29 is 92.8 Å². The molecule has 4 aromatic rings. The van der Waals surface area contributed by atoms with Gasteiger partial charge in [0.1, 0.15) is 9.75 Å². The number of anilines is 2. The summed E-state index contributed by atoms with van der Waals surface area (Å²) >= 11 is 2.48. The van der Waals surface area contributed by atoms with E-state index in [2.05, 4.69) is 13.8 Å². The van der Waals surface area contributed by atoms with Crippen molar-refractivity contribution >= 4 is 72.5 Å². The van der Waals surface area contributed by atoms with Crippen LogP contribution in [0, 0.1) is 23.7 Å². The number of methoxy groups -OCH3 is 1. The van der Waals surface area contributed by atoms with Gasteiger partial charge < -0.3 is 44.7 Å². The zero-order valence-corrected chi connectivity index (χ0v) is 51.4. The number of thiophene rings is 2. The quantitative estimate of drug-likeness (QED) is 0.0465. The Morgan fingerprint density at radius 2 is 0.987 bits per heavy atom. The Morgan fingerprint density at radius 3 is 1.35 bits per heavy atom. The van der Waals surface area contributed by atoms with Crippen molar-refractivity contribution in [3.63, 3.8) is 0 Å². The summed E-state index contributed by atoms with van der Waals surface area (Å²) in [6.07, 6.45) is 12.3. The topological polar surface area (TPSA) is 238 Å². The van der Waals surface area contributed by atoms with Crippen LogP contribution in [0.15, 0.2) is 60.7 Å². The van der Waals surface area contributed by atoms with E-state index in [4.69, 9.17) is 9.26 Å². The number of carboxylic acids is 1. The zero-order valence-electron chi connectivity index (χ0n) is 45.9. The van der Waals surface area contributed by atoms with E-state index in [0.29, 0.717) is 92.2 Å². The summed E-state index contributed by atoms with van der Waals surface area (Å²) in [6, 6.07) is 18.6. The summed E-state index contributed by atoms with van der Waals surface area (Å²) in [7, 11) is -4.53. The van der Waals surface area contributed by atoms with Gasteiger partial charge in [0.25, 0.3) is 0 Å². The van der Waals surface area contributed by atoms with Crippen molar-refractivity contribution in [2.75, 3.05) is 36.8 Å². The fourth-order valence-corrected chi connectivity index (χ4v) is 15.8. The van der Waals surface area contributed by atoms with Crippen molar-refractivity contribution in [2.24, 2.45) is 23.7 Å². The Balaban J connectivity index is 0.000000278. The molecule has 4 aliphatic rings. The van der Waals surface area contributed by atoms with Gasteiger partial charge in [0, 0.05) is 59.3 Å². The average molecular weight is 1150 g/mol. The Morgan fingerprint density at radius 1 is 0.610 bits per heavy atom. The molecule has 2 aromatic heterocycles. The zero-order chi connectivity index (χ0) is 54.2. The number of aliphatic hydroxyl groups is 2. The summed E-state index contributed by atoms with van der Waals surface area (Å²) in [4.78, 5) is 68.8. The number of aliphatic hydroxyl groups excluding tert-OH is 2. The Bertz CT molecular complexity index is 2680. The molecule has 4 aliphatic carbocycles. The van der Waals surface area contributed by atoms with Crippen molar-refractivity contribution in [2.45, 2.75) is 160 Å². The van der Waals surface area contributed by atoms with Crippen molar-refractivity contribution in [1.29, 1.82) is 0 Å². The number of ether oxygens (including phenoxy) is 1. The third-order valence-corrected chi connectivity index (χ3v) is 20.6. The standard InChI is InChI=1S/C30H42NO6PS.C27H36NO6PS.Na.H2O/c1-5-37-38(4,35)19-21-8-12-22(13-9-21)27-18-26(28(39-27)30(34)36-3)31(24-14-16-25(32)17-15-24)29(33)23-10-6-20(2)7-11-23;1-17-3-7-20(8-4-17)26(30)28(21-11-13-22(29)14-12-21)23-15-24(36-25(23)27(31)32)19-9-5-18(6-10-19)16-35(2,33)34;;/h8-9,12-13,18,20,23-25,32H,5-7,10-11,14-17,19H2,1-4H3;5-6,9-10,15,17,20-22,29H,3-4,7-8,11-14,16H2,1-2H3,(H,31,32)(H,33,34);;1H2/q;;+1;/p-1. The number of benzene rings is 2. The van der Waals surface area contributed by atoms with E-state index in [-0.39, 0.29) is 94.0 Å². The van der Waals surface area contributed by atoms with Crippen LogP contribution in [0.4, 0.5) is 11.4 Å². The molecule has 0 spiro atoms. The average Bonchev–Trinajstić information content (AvgIpc) is 4.02. The normalized spacial score (nSPS) is 24.9. The molecule has 2 heterocycles. The minimum absolute atomic E-state index is 0. The van der Waals surface area contributed by atoms with Gasteiger partial charge >= 0.3 is 41.5 Å². The van der Waals surface area contributed by atoms with E-state index in [1.807, 2.05) is 60.4 Å². The van der Waals surface area contributed by atoms with Gasteiger partial charge in [-0.25, -0.2) is 9.59 Å². The van der Waals surface area contributed by atoms with Gasteiger partial charge in [0.15, 0.2) is 0 Å². The molecule has 0 saturated heterocycles. The van der Waals surface area contributed by atoms with Crippen LogP contribution < -0.4 is 39.4 Å². The number of carbonyl (C=O) groups is 4. The first-order valence-electron chi connectivity index (χ1n) is 26.9. The molecule has 4 saturated carbocycles. The van der Waals surface area contributed by atoms with Gasteiger partial charge in [0.2, 0.25) is 26.6 Å². The van der Waals surface area contributed by atoms with E-state index in [1.54, 1.807) is 23.7 Å². The molecule has 15 nitrogen and oxygen atoms in total. The van der Waals surface area contributed by atoms with Crippen LogP contribution >= 0.6 is 37.4 Å². The minimum atomic E-state index is -3.19. The van der Waals surface area contributed by atoms with Gasteiger partial charge in [-0.3, -0.25) is 18.7 Å². The predicted molar refractivity (Wildman–Crippen MR) is 302 cm³/mol. The maximum Gasteiger partial charge on any atom is 1.00 e. The molecule has 2 aromatic carbocycles. The molecule has 0 aliphatic heterocycles. The van der Waals surface area contributed by atoms with E-state index in [0.717, 1.165) is 94.7 Å². The largest absolute Gasteiger partial charge is 1.00 e. The second-order valence-corrected chi connectivity index (χ2v) is 29.0. The molecule has 2 unspecified atom stereocenters. The fraction of sp³-hybridized carbons (Fsp3) is 0.579. The first-order valence-corrected chi connectivity index (χ1v) is 33.1. The number of nitrogens with zero attached hydrogens (tertiary/aromatic N) is 2. The first kappa shape index (κ1) is 64.8. The Kier molecular flexibility index (Phi) is 24.5. The molecule has 2 atom stereocenters. The van der Waals surface area contributed by atoms with Crippen molar-refractivity contribution in [3.05, 3.63) is 81.5 Å². The number of esters is 1. The van der Waals surface area contributed by atoms with Crippen LogP contribution in [0.2, 0.25) is 0 Å². The second kappa shape index (κ2) is 29.1. The van der Waals surface area contributed by atoms with E-state index in [9.17, 15) is 48.5 Å². The van der Waals surface area contributed by atoms with Crippen LogP contribution in [0.1, 0.15) is 154 Å². The van der Waals surface area contributed by atoms with E-state index < -0.39 is 26.7 Å². The smallest absolute Gasteiger partial charge is 0.870 e. The maximum absolute atomic E-state index is 14.1. The number of hydrogen-bond donors (Lipinski definition) is 4. The van der Waals surface area contributed by atoms with Crippen LogP contribution in [-0.4, -0.2) is 101 Å². The number of carbonyl (C=O) groups excluding carboxylic acids is 3. The van der Waals surface area contributed by atoms with Crippen molar-refractivity contribution in [1.82, 2.24) is 0 Å². The van der Waals surface area contributed by atoms with E-state index in [1.165, 1.54) is 25.1 Å². The first-order chi connectivity index (χ1) is 35.6. The summed E-state index contributed by atoms with van der Waals surface area (Å²) in [6.45, 7) is 9.68. The number of amides is 2. The summed E-state index contributed by atoms with van der Waals surface area (Å²) in [5.41, 5.74) is 4.45. The molecule has 77 heavy (non-hydrogen) atoms. The SMILES string of the molecule is CC1CCC(C(=O)N(c2cc(-c3ccc(CP(C)(=O)O)cc3)sc2C(=O)O)C2CCC(O)CC2)CC1.CCOP(C)(=O)Cc1ccc(-c2cc(N(C(=O)C3CCC(C)CC3)C3CCC(O)CC3)c(C(=O)OC)s2)cc1.[Na+].[OH-]. The fourth-order valence-electron chi connectivity index (χ4n) is 11.4. The maximum atomic E-state index is 14.1. The molecule has 8 rings (SSSR count). The van der Waals surface area contributed by atoms with Gasteiger partial charge in [-0.1, -0.05) is 62.4 Å². The van der Waals surface area contributed by atoms with Crippen molar-refractivity contribution in [3.8, 4) is 20.9 Å². The monoisotopic (exact) mass is 1150 g/mol. The van der Waals surface area contributed by atoms with Crippen LogP contribution in [-0.2, 0) is 40.3 Å². The number of carboxylic acid groups (broad SMARTS) is 1. The Labute approximate surface area is 485 Å². The molecule has 2 amide bonds. The number of rotatable bonds is 16. The minimum Gasteiger partial charge on any atom is -0.870 e. The van der Waals surface area contributed by atoms with Crippen LogP contribution in [0.5, 0.6) is 0 Å². The molecule has 0 radical (unpaired) electrons. The molecule has 20 heteroatoms. The van der Waals surface area contributed by atoms with Crippen LogP contribution in [0.3, 0.4) is 0 Å².